The van der Waals surface area contributed by atoms with Crippen molar-refractivity contribution in [3.8, 4) is 11.5 Å². The molecule has 5 heteroatoms. The first-order chi connectivity index (χ1) is 11.5. The van der Waals surface area contributed by atoms with Crippen LogP contribution in [0.5, 0.6) is 11.5 Å². The number of fused-ring (bicyclic) bond motifs is 1. The van der Waals surface area contributed by atoms with Gasteiger partial charge in [0.2, 0.25) is 0 Å². The monoisotopic (exact) mass is 328 g/mol. The van der Waals surface area contributed by atoms with Gasteiger partial charge < -0.3 is 20.5 Å². The molecule has 0 radical (unpaired) electrons. The Kier molecular flexibility index (Phi) is 4.90. The molecule has 0 aliphatic carbocycles. The Morgan fingerprint density at radius 3 is 2.62 bits per heavy atom. The van der Waals surface area contributed by atoms with E-state index in [0.717, 1.165) is 42.5 Å². The summed E-state index contributed by atoms with van der Waals surface area (Å²) in [5.41, 5.74) is 5.91. The average molecular weight is 328 g/mol. The van der Waals surface area contributed by atoms with Crippen LogP contribution in [0.15, 0.2) is 30.3 Å². The molecule has 0 aromatic heterocycles. The van der Waals surface area contributed by atoms with Crippen molar-refractivity contribution in [1.29, 1.82) is 0 Å². The van der Waals surface area contributed by atoms with Crippen LogP contribution in [-0.2, 0) is 0 Å². The Balaban J connectivity index is 2.02. The highest BCUT2D eigenvalue weighted by Crippen LogP contribution is 2.33. The van der Waals surface area contributed by atoms with Gasteiger partial charge in [0.15, 0.2) is 0 Å². The van der Waals surface area contributed by atoms with Crippen LogP contribution in [0, 0.1) is 0 Å². The highest BCUT2D eigenvalue weighted by molar-refractivity contribution is 6.02. The predicted octanol–water partition coefficient (Wildman–Crippen LogP) is 2.86. The zero-order chi connectivity index (χ0) is 17.1. The molecular formula is C19H24N2O3. The van der Waals surface area contributed by atoms with Gasteiger partial charge in [-0.05, 0) is 63.4 Å². The number of benzene rings is 2. The predicted molar refractivity (Wildman–Crippen MR) is 94.7 cm³/mol. The van der Waals surface area contributed by atoms with Gasteiger partial charge in [-0.1, -0.05) is 12.1 Å². The summed E-state index contributed by atoms with van der Waals surface area (Å²) in [7, 11) is 0. The molecule has 5 nitrogen and oxygen atoms in total. The minimum absolute atomic E-state index is 0.0435. The van der Waals surface area contributed by atoms with Crippen LogP contribution in [0.2, 0.25) is 0 Å². The molecule has 128 valence electrons. The van der Waals surface area contributed by atoms with E-state index in [-0.39, 0.29) is 12.2 Å². The topological polar surface area (TPSA) is 73.6 Å². The fraction of sp³-hybridized carbons (Fsp3) is 0.421. The lowest BCUT2D eigenvalue weighted by molar-refractivity contribution is 0.0994. The largest absolute Gasteiger partial charge is 0.490 e. The molecule has 24 heavy (non-hydrogen) atoms. The highest BCUT2D eigenvalue weighted by Gasteiger charge is 2.18. The number of hydrogen-bond acceptors (Lipinski definition) is 4. The number of piperidine rings is 1. The Bertz CT molecular complexity index is 737. The lowest BCUT2D eigenvalue weighted by atomic mass is 10.0. The number of ether oxygens (including phenoxy) is 2. The molecule has 0 bridgehead atoms. The van der Waals surface area contributed by atoms with E-state index in [1.807, 2.05) is 38.1 Å². The van der Waals surface area contributed by atoms with Crippen LogP contribution in [0.4, 0.5) is 0 Å². The van der Waals surface area contributed by atoms with Crippen LogP contribution in [0.1, 0.15) is 37.0 Å². The maximum atomic E-state index is 11.8. The molecule has 0 unspecified atom stereocenters. The molecule has 0 saturated carbocycles. The van der Waals surface area contributed by atoms with Crippen molar-refractivity contribution in [2.24, 2.45) is 5.73 Å². The number of hydrogen-bond donors (Lipinski definition) is 2. The molecule has 2 aromatic carbocycles. The summed E-state index contributed by atoms with van der Waals surface area (Å²) in [6.07, 6.45) is 2.15. The van der Waals surface area contributed by atoms with Gasteiger partial charge in [-0.25, -0.2) is 0 Å². The van der Waals surface area contributed by atoms with Crippen LogP contribution < -0.4 is 20.5 Å². The van der Waals surface area contributed by atoms with Gasteiger partial charge in [-0.15, -0.1) is 0 Å². The van der Waals surface area contributed by atoms with E-state index in [2.05, 4.69) is 5.32 Å². The van der Waals surface area contributed by atoms with Crippen LogP contribution >= 0.6 is 0 Å². The van der Waals surface area contributed by atoms with Gasteiger partial charge >= 0.3 is 0 Å². The molecule has 2 aromatic rings. The molecule has 1 fully saturated rings. The minimum atomic E-state index is -0.489. The van der Waals surface area contributed by atoms with E-state index in [1.165, 1.54) is 0 Å². The van der Waals surface area contributed by atoms with E-state index >= 15 is 0 Å². The number of carbonyl (C=O) groups is 1. The van der Waals surface area contributed by atoms with Crippen molar-refractivity contribution in [1.82, 2.24) is 5.32 Å². The van der Waals surface area contributed by atoms with Crippen molar-refractivity contribution in [3.63, 3.8) is 0 Å². The van der Waals surface area contributed by atoms with Gasteiger partial charge in [0.05, 0.1) is 11.7 Å². The van der Waals surface area contributed by atoms with Crippen molar-refractivity contribution in [2.75, 3.05) is 13.1 Å². The van der Waals surface area contributed by atoms with E-state index in [0.29, 0.717) is 11.3 Å². The molecule has 1 amide bonds. The van der Waals surface area contributed by atoms with Gasteiger partial charge in [0, 0.05) is 5.39 Å². The Labute approximate surface area is 142 Å². The number of primary amides is 1. The van der Waals surface area contributed by atoms with Crippen molar-refractivity contribution in [2.45, 2.75) is 38.9 Å². The SMILES string of the molecule is CC(C)Oc1cc2c(OC3CCNCC3)cccc2cc1C(N)=O. The summed E-state index contributed by atoms with van der Waals surface area (Å²) in [5.74, 6) is 0.840. The zero-order valence-corrected chi connectivity index (χ0v) is 14.2. The minimum Gasteiger partial charge on any atom is -0.490 e. The highest BCUT2D eigenvalue weighted by atomic mass is 16.5. The first-order valence-corrected chi connectivity index (χ1v) is 8.45. The molecule has 3 N–H and O–H groups in total. The molecule has 0 atom stereocenters. The molecule has 1 saturated heterocycles. The number of amides is 1. The van der Waals surface area contributed by atoms with Crippen molar-refractivity contribution >= 4 is 16.7 Å². The first-order valence-electron chi connectivity index (χ1n) is 8.45. The van der Waals surface area contributed by atoms with Gasteiger partial charge in [0.25, 0.3) is 5.91 Å². The standard InChI is InChI=1S/C19H24N2O3/c1-12(2)23-18-11-15-13(10-16(18)19(20)22)4-3-5-17(15)24-14-6-8-21-9-7-14/h3-5,10-12,14,21H,6-9H2,1-2H3,(H2,20,22). The van der Waals surface area contributed by atoms with E-state index in [9.17, 15) is 4.79 Å². The quantitative estimate of drug-likeness (QED) is 0.885. The molecule has 3 rings (SSSR count). The Morgan fingerprint density at radius 1 is 1.21 bits per heavy atom. The fourth-order valence-corrected chi connectivity index (χ4v) is 3.02. The van der Waals surface area contributed by atoms with E-state index in [1.54, 1.807) is 6.07 Å². The lowest BCUT2D eigenvalue weighted by Crippen LogP contribution is -2.34. The van der Waals surface area contributed by atoms with E-state index in [4.69, 9.17) is 15.2 Å². The number of rotatable bonds is 5. The third-order valence-corrected chi connectivity index (χ3v) is 4.15. The first kappa shape index (κ1) is 16.6. The van der Waals surface area contributed by atoms with E-state index < -0.39 is 5.91 Å². The molecular weight excluding hydrogens is 304 g/mol. The molecule has 0 spiro atoms. The third-order valence-electron chi connectivity index (χ3n) is 4.15. The van der Waals surface area contributed by atoms with Gasteiger partial charge in [-0.3, -0.25) is 4.79 Å². The van der Waals surface area contributed by atoms with Crippen LogP contribution in [0.3, 0.4) is 0 Å². The fourth-order valence-electron chi connectivity index (χ4n) is 3.02. The average Bonchev–Trinajstić information content (AvgIpc) is 2.55. The van der Waals surface area contributed by atoms with Gasteiger partial charge in [0.1, 0.15) is 17.6 Å². The number of nitrogens with one attached hydrogen (secondary N) is 1. The summed E-state index contributed by atoms with van der Waals surface area (Å²) in [6, 6.07) is 9.51. The third kappa shape index (κ3) is 3.62. The summed E-state index contributed by atoms with van der Waals surface area (Å²) >= 11 is 0. The van der Waals surface area contributed by atoms with Crippen molar-refractivity contribution < 1.29 is 14.3 Å². The second kappa shape index (κ2) is 7.09. The summed E-state index contributed by atoms with van der Waals surface area (Å²) < 4.78 is 12.0. The molecule has 1 aliphatic heterocycles. The summed E-state index contributed by atoms with van der Waals surface area (Å²) in [6.45, 7) is 5.80. The van der Waals surface area contributed by atoms with Gasteiger partial charge in [-0.2, -0.15) is 0 Å². The van der Waals surface area contributed by atoms with Crippen molar-refractivity contribution in [3.05, 3.63) is 35.9 Å². The molecule has 1 heterocycles. The smallest absolute Gasteiger partial charge is 0.252 e. The Morgan fingerprint density at radius 2 is 1.96 bits per heavy atom. The summed E-state index contributed by atoms with van der Waals surface area (Å²) in [5, 5.41) is 5.20. The van der Waals surface area contributed by atoms with Crippen LogP contribution in [0.25, 0.3) is 10.8 Å². The summed E-state index contributed by atoms with van der Waals surface area (Å²) in [4.78, 5) is 11.8. The second-order valence-corrected chi connectivity index (χ2v) is 6.42. The maximum Gasteiger partial charge on any atom is 0.252 e. The maximum absolute atomic E-state index is 11.8. The second-order valence-electron chi connectivity index (χ2n) is 6.42. The molecule has 1 aliphatic rings. The normalized spacial score (nSPS) is 15.6. The Hall–Kier alpha value is -2.27. The number of nitrogens with two attached hydrogens (primary N) is 1. The zero-order valence-electron chi connectivity index (χ0n) is 14.2. The lowest BCUT2D eigenvalue weighted by Gasteiger charge is -2.24. The number of carbonyl (C=O) groups excluding carboxylic acids is 1. The van der Waals surface area contributed by atoms with Crippen LogP contribution in [-0.4, -0.2) is 31.2 Å².